The van der Waals surface area contributed by atoms with Gasteiger partial charge < -0.3 is 11.1 Å². The lowest BCUT2D eigenvalue weighted by molar-refractivity contribution is -0.115. The van der Waals surface area contributed by atoms with Crippen molar-refractivity contribution in [3.63, 3.8) is 0 Å². The fraction of sp³-hybridized carbons (Fsp3) is 0.533. The highest BCUT2D eigenvalue weighted by Crippen LogP contribution is 2.13. The molecule has 0 aliphatic heterocycles. The monoisotopic (exact) mass is 312 g/mol. The van der Waals surface area contributed by atoms with Crippen LogP contribution in [0, 0.1) is 0 Å². The van der Waals surface area contributed by atoms with Crippen LogP contribution < -0.4 is 11.1 Å². The highest BCUT2D eigenvalue weighted by atomic mass is 32.2. The fourth-order valence-electron chi connectivity index (χ4n) is 1.91. The summed E-state index contributed by atoms with van der Waals surface area (Å²) in [7, 11) is -3.40. The van der Waals surface area contributed by atoms with E-state index in [1.54, 1.807) is 18.2 Å². The van der Waals surface area contributed by atoms with Gasteiger partial charge in [-0.3, -0.25) is 4.79 Å². The van der Waals surface area contributed by atoms with Crippen LogP contribution in [0.3, 0.4) is 0 Å². The summed E-state index contributed by atoms with van der Waals surface area (Å²) in [5.74, 6) is -0.446. The maximum atomic E-state index is 12.1. The molecule has 0 fully saturated rings. The highest BCUT2D eigenvalue weighted by Gasteiger charge is 2.27. The number of amides is 1. The maximum Gasteiger partial charge on any atom is 0.242 e. The number of unbranched alkanes of at least 4 members (excludes halogenated alkanes) is 2. The van der Waals surface area contributed by atoms with Crippen LogP contribution in [-0.4, -0.2) is 25.3 Å². The quantitative estimate of drug-likeness (QED) is 0.719. The first-order chi connectivity index (χ1) is 9.90. The SMILES string of the molecule is CCCCCS(=O)(=O)C(C)C(=O)Nc1cccc(CN)c1. The molecule has 0 spiro atoms. The Kier molecular flexibility index (Phi) is 6.84. The first-order valence-corrected chi connectivity index (χ1v) is 8.93. The Bertz CT molecular complexity index is 570. The van der Waals surface area contributed by atoms with Crippen LogP contribution >= 0.6 is 0 Å². The number of hydrogen-bond donors (Lipinski definition) is 2. The second-order valence-corrected chi connectivity index (χ2v) is 7.55. The van der Waals surface area contributed by atoms with Gasteiger partial charge in [0.15, 0.2) is 9.84 Å². The zero-order valence-corrected chi connectivity index (χ0v) is 13.4. The normalized spacial score (nSPS) is 12.9. The van der Waals surface area contributed by atoms with E-state index in [9.17, 15) is 13.2 Å². The molecule has 0 aliphatic rings. The topological polar surface area (TPSA) is 89.3 Å². The summed E-state index contributed by atoms with van der Waals surface area (Å²) in [5, 5.41) is 1.59. The van der Waals surface area contributed by atoms with Crippen LogP contribution in [0.1, 0.15) is 38.7 Å². The Hall–Kier alpha value is -1.40. The minimum atomic E-state index is -3.40. The molecule has 118 valence electrons. The van der Waals surface area contributed by atoms with E-state index < -0.39 is 21.0 Å². The standard InChI is InChI=1S/C15H24N2O3S/c1-3-4-5-9-21(19,20)12(2)15(18)17-14-8-6-7-13(10-14)11-16/h6-8,10,12H,3-5,9,11,16H2,1-2H3,(H,17,18). The average Bonchev–Trinajstić information content (AvgIpc) is 2.46. The third-order valence-corrected chi connectivity index (χ3v) is 5.52. The van der Waals surface area contributed by atoms with Crippen molar-refractivity contribution in [1.29, 1.82) is 0 Å². The van der Waals surface area contributed by atoms with Crippen molar-refractivity contribution in [3.8, 4) is 0 Å². The van der Waals surface area contributed by atoms with Crippen molar-refractivity contribution in [3.05, 3.63) is 29.8 Å². The van der Waals surface area contributed by atoms with Crippen LogP contribution in [0.4, 0.5) is 5.69 Å². The number of nitrogens with two attached hydrogens (primary N) is 1. The number of benzene rings is 1. The van der Waals surface area contributed by atoms with Gasteiger partial charge in [0.25, 0.3) is 0 Å². The Labute approximate surface area is 126 Å². The molecule has 21 heavy (non-hydrogen) atoms. The molecule has 1 amide bonds. The fourth-order valence-corrected chi connectivity index (χ4v) is 3.26. The van der Waals surface area contributed by atoms with Crippen molar-refractivity contribution >= 4 is 21.4 Å². The van der Waals surface area contributed by atoms with E-state index in [0.29, 0.717) is 18.7 Å². The molecule has 1 atom stereocenters. The number of rotatable bonds is 8. The van der Waals surface area contributed by atoms with Crippen molar-refractivity contribution in [2.75, 3.05) is 11.1 Å². The van der Waals surface area contributed by atoms with Gasteiger partial charge in [-0.2, -0.15) is 0 Å². The molecule has 0 radical (unpaired) electrons. The summed E-state index contributed by atoms with van der Waals surface area (Å²) >= 11 is 0. The highest BCUT2D eigenvalue weighted by molar-refractivity contribution is 7.92. The van der Waals surface area contributed by atoms with E-state index >= 15 is 0 Å². The smallest absolute Gasteiger partial charge is 0.242 e. The summed E-state index contributed by atoms with van der Waals surface area (Å²) in [5.41, 5.74) is 6.99. The molecule has 0 aromatic heterocycles. The van der Waals surface area contributed by atoms with Gasteiger partial charge in [0.05, 0.1) is 5.75 Å². The molecule has 0 saturated carbocycles. The first-order valence-electron chi connectivity index (χ1n) is 7.22. The van der Waals surface area contributed by atoms with Gasteiger partial charge in [0, 0.05) is 12.2 Å². The Morgan fingerprint density at radius 1 is 1.33 bits per heavy atom. The van der Waals surface area contributed by atoms with Gasteiger partial charge in [-0.1, -0.05) is 31.9 Å². The van der Waals surface area contributed by atoms with Crippen molar-refractivity contribution in [2.24, 2.45) is 5.73 Å². The molecule has 6 heteroatoms. The zero-order valence-electron chi connectivity index (χ0n) is 12.6. The summed E-state index contributed by atoms with van der Waals surface area (Å²) < 4.78 is 24.2. The van der Waals surface area contributed by atoms with Crippen molar-refractivity contribution in [1.82, 2.24) is 0 Å². The van der Waals surface area contributed by atoms with Gasteiger partial charge in [-0.25, -0.2) is 8.42 Å². The molecule has 0 bridgehead atoms. The lowest BCUT2D eigenvalue weighted by Crippen LogP contribution is -2.34. The lowest BCUT2D eigenvalue weighted by atomic mass is 10.2. The van der Waals surface area contributed by atoms with E-state index in [1.807, 2.05) is 13.0 Å². The Morgan fingerprint density at radius 3 is 2.67 bits per heavy atom. The molecule has 5 nitrogen and oxygen atoms in total. The second kappa shape index (κ2) is 8.14. The van der Waals surface area contributed by atoms with Crippen LogP contribution in [0.25, 0.3) is 0 Å². The van der Waals surface area contributed by atoms with Crippen molar-refractivity contribution < 1.29 is 13.2 Å². The van der Waals surface area contributed by atoms with Crippen LogP contribution in [-0.2, 0) is 21.2 Å². The lowest BCUT2D eigenvalue weighted by Gasteiger charge is -2.13. The summed E-state index contributed by atoms with van der Waals surface area (Å²) in [6.45, 7) is 3.81. The van der Waals surface area contributed by atoms with E-state index in [0.717, 1.165) is 18.4 Å². The predicted octanol–water partition coefficient (Wildman–Crippen LogP) is 2.08. The van der Waals surface area contributed by atoms with E-state index in [2.05, 4.69) is 5.32 Å². The number of nitrogens with one attached hydrogen (secondary N) is 1. The molecule has 3 N–H and O–H groups in total. The van der Waals surface area contributed by atoms with E-state index in [-0.39, 0.29) is 5.75 Å². The Morgan fingerprint density at radius 2 is 2.05 bits per heavy atom. The molecular weight excluding hydrogens is 288 g/mol. The maximum absolute atomic E-state index is 12.1. The molecule has 0 aliphatic carbocycles. The number of carbonyl (C=O) groups is 1. The summed E-state index contributed by atoms with van der Waals surface area (Å²) in [6, 6.07) is 7.08. The van der Waals surface area contributed by atoms with Gasteiger partial charge in [0.2, 0.25) is 5.91 Å². The molecule has 1 rings (SSSR count). The third-order valence-electron chi connectivity index (χ3n) is 3.37. The summed E-state index contributed by atoms with van der Waals surface area (Å²) in [6.07, 6.45) is 2.40. The minimum Gasteiger partial charge on any atom is -0.326 e. The average molecular weight is 312 g/mol. The molecule has 0 saturated heterocycles. The van der Waals surface area contributed by atoms with Gasteiger partial charge in [-0.05, 0) is 31.0 Å². The van der Waals surface area contributed by atoms with Crippen LogP contribution in [0.15, 0.2) is 24.3 Å². The Balaban J connectivity index is 2.69. The number of sulfone groups is 1. The number of hydrogen-bond acceptors (Lipinski definition) is 4. The van der Waals surface area contributed by atoms with Crippen molar-refractivity contribution in [2.45, 2.75) is 44.9 Å². The minimum absolute atomic E-state index is 0.0538. The third kappa shape index (κ3) is 5.47. The van der Waals surface area contributed by atoms with Gasteiger partial charge >= 0.3 is 0 Å². The number of carbonyl (C=O) groups excluding carboxylic acids is 1. The van der Waals surface area contributed by atoms with Crippen LogP contribution in [0.5, 0.6) is 0 Å². The number of anilines is 1. The zero-order chi connectivity index (χ0) is 15.9. The molecule has 1 aromatic rings. The van der Waals surface area contributed by atoms with Crippen LogP contribution in [0.2, 0.25) is 0 Å². The summed E-state index contributed by atoms with van der Waals surface area (Å²) in [4.78, 5) is 12.1. The second-order valence-electron chi connectivity index (χ2n) is 5.11. The molecular formula is C15H24N2O3S. The predicted molar refractivity (Wildman–Crippen MR) is 85.7 cm³/mol. The first kappa shape index (κ1) is 17.7. The largest absolute Gasteiger partial charge is 0.326 e. The van der Waals surface area contributed by atoms with E-state index in [4.69, 9.17) is 5.73 Å². The van der Waals surface area contributed by atoms with Gasteiger partial charge in [-0.15, -0.1) is 0 Å². The van der Waals surface area contributed by atoms with Gasteiger partial charge in [0.1, 0.15) is 5.25 Å². The molecule has 1 unspecified atom stereocenters. The molecule has 1 aromatic carbocycles. The van der Waals surface area contributed by atoms with E-state index in [1.165, 1.54) is 6.92 Å². The molecule has 0 heterocycles.